The summed E-state index contributed by atoms with van der Waals surface area (Å²) < 4.78 is 0. The molecule has 0 aliphatic carbocycles. The monoisotopic (exact) mass is 234 g/mol. The molecule has 0 saturated heterocycles. The topological polar surface area (TPSA) is 37.3 Å². The van der Waals surface area contributed by atoms with E-state index in [2.05, 4.69) is 0 Å². The first kappa shape index (κ1) is 10.6. The van der Waals surface area contributed by atoms with Crippen molar-refractivity contribution in [2.24, 2.45) is 0 Å². The van der Waals surface area contributed by atoms with Crippen molar-refractivity contribution in [3.8, 4) is 0 Å². The van der Waals surface area contributed by atoms with Crippen LogP contribution >= 0.6 is 34.7 Å². The smallest absolute Gasteiger partial charge is 0.345 e. The summed E-state index contributed by atoms with van der Waals surface area (Å²) in [5, 5.41) is 10.5. The van der Waals surface area contributed by atoms with Crippen LogP contribution < -0.4 is 0 Å². The van der Waals surface area contributed by atoms with Gasteiger partial charge in [0.25, 0.3) is 0 Å². The van der Waals surface area contributed by atoms with Crippen molar-refractivity contribution in [2.75, 3.05) is 5.75 Å². The van der Waals surface area contributed by atoms with Gasteiger partial charge in [0.15, 0.2) is 0 Å². The van der Waals surface area contributed by atoms with Crippen molar-refractivity contribution in [3.63, 3.8) is 0 Å². The minimum atomic E-state index is -0.871. The number of rotatable bonds is 4. The fourth-order valence-electron chi connectivity index (χ4n) is 0.687. The SMILES string of the molecule is O=C(O)c1cc(SCC=CCl)cs1. The quantitative estimate of drug-likeness (QED) is 0.813. The maximum absolute atomic E-state index is 10.5. The summed E-state index contributed by atoms with van der Waals surface area (Å²) in [6.45, 7) is 0. The van der Waals surface area contributed by atoms with E-state index in [1.54, 1.807) is 17.8 Å². The fraction of sp³-hybridized carbons (Fsp3) is 0.125. The van der Waals surface area contributed by atoms with Crippen molar-refractivity contribution < 1.29 is 9.90 Å². The van der Waals surface area contributed by atoms with Crippen molar-refractivity contribution in [1.29, 1.82) is 0 Å². The Morgan fingerprint density at radius 1 is 1.77 bits per heavy atom. The molecule has 1 aromatic rings. The average molecular weight is 235 g/mol. The lowest BCUT2D eigenvalue weighted by molar-refractivity contribution is 0.0702. The van der Waals surface area contributed by atoms with Crippen LogP contribution in [0.25, 0.3) is 0 Å². The number of carbonyl (C=O) groups is 1. The molecule has 0 aliphatic rings. The maximum atomic E-state index is 10.5. The third-order valence-electron chi connectivity index (χ3n) is 1.22. The number of carboxylic acid groups (broad SMARTS) is 1. The normalized spacial score (nSPS) is 10.8. The highest BCUT2D eigenvalue weighted by Gasteiger charge is 2.05. The highest BCUT2D eigenvalue weighted by atomic mass is 35.5. The molecule has 0 atom stereocenters. The zero-order valence-electron chi connectivity index (χ0n) is 6.57. The van der Waals surface area contributed by atoms with Crippen molar-refractivity contribution in [3.05, 3.63) is 27.9 Å². The Labute approximate surface area is 89.2 Å². The van der Waals surface area contributed by atoms with Crippen LogP contribution in [0, 0.1) is 0 Å². The van der Waals surface area contributed by atoms with Crippen LogP contribution in [-0.2, 0) is 0 Å². The molecule has 70 valence electrons. The van der Waals surface area contributed by atoms with E-state index in [1.807, 2.05) is 11.5 Å². The molecule has 13 heavy (non-hydrogen) atoms. The Morgan fingerprint density at radius 3 is 3.08 bits per heavy atom. The minimum Gasteiger partial charge on any atom is -0.477 e. The lowest BCUT2D eigenvalue weighted by atomic mass is 10.5. The number of hydrogen-bond acceptors (Lipinski definition) is 3. The fourth-order valence-corrected chi connectivity index (χ4v) is 2.57. The molecule has 1 aromatic heterocycles. The molecule has 1 heterocycles. The zero-order valence-corrected chi connectivity index (χ0v) is 8.96. The van der Waals surface area contributed by atoms with Gasteiger partial charge in [-0.3, -0.25) is 0 Å². The van der Waals surface area contributed by atoms with E-state index in [0.717, 1.165) is 10.6 Å². The van der Waals surface area contributed by atoms with Crippen LogP contribution in [0.15, 0.2) is 28.0 Å². The van der Waals surface area contributed by atoms with Gasteiger partial charge in [0.05, 0.1) is 0 Å². The molecule has 1 N–H and O–H groups in total. The Hall–Kier alpha value is -0.450. The first-order valence-electron chi connectivity index (χ1n) is 3.44. The van der Waals surface area contributed by atoms with Crippen molar-refractivity contribution in [2.45, 2.75) is 4.90 Å². The van der Waals surface area contributed by atoms with E-state index < -0.39 is 5.97 Å². The predicted octanol–water partition coefficient (Wildman–Crippen LogP) is 3.29. The van der Waals surface area contributed by atoms with Crippen molar-refractivity contribution in [1.82, 2.24) is 0 Å². The molecule has 0 fully saturated rings. The molecule has 0 bridgehead atoms. The van der Waals surface area contributed by atoms with Crippen LogP contribution in [0.1, 0.15) is 9.67 Å². The summed E-state index contributed by atoms with van der Waals surface area (Å²) in [7, 11) is 0. The van der Waals surface area contributed by atoms with Crippen LogP contribution in [0.5, 0.6) is 0 Å². The Bertz CT molecular complexity index is 320. The Kier molecular flexibility index (Phi) is 4.35. The van der Waals surface area contributed by atoms with E-state index in [-0.39, 0.29) is 0 Å². The maximum Gasteiger partial charge on any atom is 0.345 e. The second kappa shape index (κ2) is 5.32. The van der Waals surface area contributed by atoms with E-state index in [9.17, 15) is 4.79 Å². The molecular weight excluding hydrogens is 228 g/mol. The lowest BCUT2D eigenvalue weighted by Crippen LogP contribution is -1.89. The predicted molar refractivity (Wildman–Crippen MR) is 57.0 cm³/mol. The molecule has 0 spiro atoms. The van der Waals surface area contributed by atoms with Gasteiger partial charge in [-0.05, 0) is 6.07 Å². The molecule has 0 radical (unpaired) electrons. The molecule has 0 unspecified atom stereocenters. The number of halogens is 1. The Morgan fingerprint density at radius 2 is 2.54 bits per heavy atom. The number of hydrogen-bond donors (Lipinski definition) is 1. The summed E-state index contributed by atoms with van der Waals surface area (Å²) in [4.78, 5) is 11.9. The van der Waals surface area contributed by atoms with Crippen LogP contribution in [-0.4, -0.2) is 16.8 Å². The average Bonchev–Trinajstić information content (AvgIpc) is 2.53. The Balaban J connectivity index is 2.54. The van der Waals surface area contributed by atoms with Crippen molar-refractivity contribution >= 4 is 40.7 Å². The first-order chi connectivity index (χ1) is 6.24. The van der Waals surface area contributed by atoms with Gasteiger partial charge in [0, 0.05) is 21.6 Å². The number of carboxylic acids is 1. The third kappa shape index (κ3) is 3.42. The lowest BCUT2D eigenvalue weighted by Gasteiger charge is -1.89. The summed E-state index contributed by atoms with van der Waals surface area (Å²) in [5.41, 5.74) is 1.46. The largest absolute Gasteiger partial charge is 0.477 e. The van der Waals surface area contributed by atoms with Gasteiger partial charge in [0.1, 0.15) is 4.88 Å². The van der Waals surface area contributed by atoms with Gasteiger partial charge in [-0.1, -0.05) is 17.7 Å². The van der Waals surface area contributed by atoms with E-state index >= 15 is 0 Å². The molecule has 2 nitrogen and oxygen atoms in total. The van der Waals surface area contributed by atoms with Gasteiger partial charge in [-0.25, -0.2) is 4.79 Å². The molecule has 5 heteroatoms. The summed E-state index contributed by atoms with van der Waals surface area (Å²) in [6, 6.07) is 1.67. The molecule has 1 rings (SSSR count). The summed E-state index contributed by atoms with van der Waals surface area (Å²) >= 11 is 8.14. The zero-order chi connectivity index (χ0) is 9.68. The van der Waals surface area contributed by atoms with Gasteiger partial charge in [-0.2, -0.15) is 0 Å². The highest BCUT2D eigenvalue weighted by Crippen LogP contribution is 2.24. The van der Waals surface area contributed by atoms with Gasteiger partial charge in [-0.15, -0.1) is 23.1 Å². The minimum absolute atomic E-state index is 0.373. The number of thiophene rings is 1. The highest BCUT2D eigenvalue weighted by molar-refractivity contribution is 7.99. The molecule has 0 aliphatic heterocycles. The van der Waals surface area contributed by atoms with E-state index in [0.29, 0.717) is 4.88 Å². The van der Waals surface area contributed by atoms with Crippen LogP contribution in [0.2, 0.25) is 0 Å². The first-order valence-corrected chi connectivity index (χ1v) is 5.74. The van der Waals surface area contributed by atoms with E-state index in [4.69, 9.17) is 16.7 Å². The molecular formula is C8H7ClO2S2. The van der Waals surface area contributed by atoms with Crippen LogP contribution in [0.3, 0.4) is 0 Å². The van der Waals surface area contributed by atoms with E-state index in [1.165, 1.54) is 16.9 Å². The molecule has 0 amide bonds. The third-order valence-corrected chi connectivity index (χ3v) is 3.40. The summed E-state index contributed by atoms with van der Waals surface area (Å²) in [5.74, 6) is -0.107. The molecule has 0 saturated carbocycles. The number of aromatic carboxylic acids is 1. The van der Waals surface area contributed by atoms with Gasteiger partial charge < -0.3 is 5.11 Å². The second-order valence-electron chi connectivity index (χ2n) is 2.12. The van der Waals surface area contributed by atoms with Gasteiger partial charge in [0.2, 0.25) is 0 Å². The van der Waals surface area contributed by atoms with Gasteiger partial charge >= 0.3 is 5.97 Å². The summed E-state index contributed by atoms with van der Waals surface area (Å²) in [6.07, 6.45) is 1.81. The standard InChI is InChI=1S/C8H7ClO2S2/c9-2-1-3-12-6-4-7(8(10)11)13-5-6/h1-2,4-5H,3H2,(H,10,11). The molecule has 0 aromatic carbocycles. The van der Waals surface area contributed by atoms with Crippen LogP contribution in [0.4, 0.5) is 0 Å². The second-order valence-corrected chi connectivity index (χ2v) is 4.38. The number of thioether (sulfide) groups is 1.